The summed E-state index contributed by atoms with van der Waals surface area (Å²) in [4.78, 5) is 61.1. The van der Waals surface area contributed by atoms with Crippen LogP contribution in [0.25, 0.3) is 0 Å². The van der Waals surface area contributed by atoms with Crippen LogP contribution in [-0.4, -0.2) is 69.7 Å². The van der Waals surface area contributed by atoms with Gasteiger partial charge in [-0.25, -0.2) is 9.37 Å². The molecule has 2 unspecified atom stereocenters. The molecule has 1 aromatic heterocycles. The van der Waals surface area contributed by atoms with Crippen molar-refractivity contribution in [1.82, 2.24) is 20.1 Å². The smallest absolute Gasteiger partial charge is 0.255 e. The maximum absolute atomic E-state index is 14.3. The Morgan fingerprint density at radius 1 is 1.04 bits per heavy atom. The number of nitrogens with zero attached hydrogens (tertiary/aromatic N) is 4. The normalized spacial score (nSPS) is 18.9. The number of imide groups is 1. The van der Waals surface area contributed by atoms with Crippen LogP contribution in [0.2, 0.25) is 0 Å². The molecule has 246 valence electrons. The van der Waals surface area contributed by atoms with Gasteiger partial charge in [-0.05, 0) is 53.4 Å². The fourth-order valence-electron chi connectivity index (χ4n) is 6.66. The number of phenolic OH excluding ortho intramolecular Hbond substituents is 1. The van der Waals surface area contributed by atoms with E-state index in [0.29, 0.717) is 23.5 Å². The average Bonchev–Trinajstić information content (AvgIpc) is 3.71. The van der Waals surface area contributed by atoms with Gasteiger partial charge in [0.25, 0.3) is 11.8 Å². The Balaban J connectivity index is 1.01. The Hall–Kier alpha value is -5.14. The second-order valence-corrected chi connectivity index (χ2v) is 13.1. The third-order valence-corrected chi connectivity index (χ3v) is 9.89. The van der Waals surface area contributed by atoms with Gasteiger partial charge in [0.1, 0.15) is 17.6 Å². The second-order valence-electron chi connectivity index (χ2n) is 12.2. The minimum atomic E-state index is -1.28. The number of rotatable bonds is 8. The van der Waals surface area contributed by atoms with Crippen LogP contribution in [0.4, 0.5) is 15.2 Å². The van der Waals surface area contributed by atoms with Gasteiger partial charge in [0.05, 0.1) is 5.92 Å². The molecule has 4 heterocycles. The number of anilines is 2. The standard InChI is InChI=1S/C35H33FN6O5S/c36-24-6-9-29(43)28(17-24)31(33(46)39-35-37-11-16-48-35)42-20-23-5-7-25(18-27(23)34(42)47)41-14-12-40(13-15-41)19-21-1-3-22(4-2-21)26-8-10-30(44)38-32(26)45/h1-7,9,11,16-18,26,31,43H,8,10,12-15,19-20H2,(H,37,39,46)(H,38,44,45). The number of fused-ring (bicyclic) bond motifs is 1. The van der Waals surface area contributed by atoms with Crippen LogP contribution in [0.3, 0.4) is 0 Å². The summed E-state index contributed by atoms with van der Waals surface area (Å²) in [5, 5.41) is 17.8. The molecule has 3 aliphatic heterocycles. The number of hydrogen-bond donors (Lipinski definition) is 3. The lowest BCUT2D eigenvalue weighted by molar-refractivity contribution is -0.134. The van der Waals surface area contributed by atoms with E-state index < -0.39 is 17.8 Å². The summed E-state index contributed by atoms with van der Waals surface area (Å²) in [6, 6.07) is 15.8. The zero-order valence-corrected chi connectivity index (χ0v) is 26.7. The molecule has 4 amide bonds. The molecule has 0 aliphatic carbocycles. The van der Waals surface area contributed by atoms with E-state index in [2.05, 4.69) is 25.4 Å². The van der Waals surface area contributed by atoms with Crippen molar-refractivity contribution in [1.29, 1.82) is 0 Å². The molecule has 11 nitrogen and oxygen atoms in total. The number of piperazine rings is 1. The minimum absolute atomic E-state index is 0.00725. The molecule has 0 saturated carbocycles. The highest BCUT2D eigenvalue weighted by molar-refractivity contribution is 7.13. The first-order chi connectivity index (χ1) is 23.2. The van der Waals surface area contributed by atoms with E-state index in [9.17, 15) is 28.7 Å². The van der Waals surface area contributed by atoms with Crippen LogP contribution in [0.1, 0.15) is 57.4 Å². The van der Waals surface area contributed by atoms with Crippen molar-refractivity contribution in [3.05, 3.63) is 106 Å². The largest absolute Gasteiger partial charge is 0.508 e. The number of nitrogens with one attached hydrogen (secondary N) is 2. The number of thiazole rings is 1. The first-order valence-corrected chi connectivity index (χ1v) is 16.6. The molecule has 0 bridgehead atoms. The van der Waals surface area contributed by atoms with E-state index in [4.69, 9.17) is 0 Å². The van der Waals surface area contributed by atoms with E-state index in [0.717, 1.165) is 67.2 Å². The molecule has 7 rings (SSSR count). The van der Waals surface area contributed by atoms with Crippen LogP contribution < -0.4 is 15.5 Å². The number of aromatic nitrogens is 1. The fourth-order valence-corrected chi connectivity index (χ4v) is 7.19. The predicted octanol–water partition coefficient (Wildman–Crippen LogP) is 4.17. The topological polar surface area (TPSA) is 135 Å². The van der Waals surface area contributed by atoms with E-state index in [1.54, 1.807) is 5.38 Å². The number of hydrogen-bond acceptors (Lipinski definition) is 9. The lowest BCUT2D eigenvalue weighted by Gasteiger charge is -2.36. The molecular weight excluding hydrogens is 635 g/mol. The Labute approximate surface area is 280 Å². The summed E-state index contributed by atoms with van der Waals surface area (Å²) in [5.74, 6) is -2.66. The molecule has 2 saturated heterocycles. The van der Waals surface area contributed by atoms with Crippen molar-refractivity contribution in [2.24, 2.45) is 0 Å². The fraction of sp³-hybridized carbons (Fsp3) is 0.286. The van der Waals surface area contributed by atoms with Crippen molar-refractivity contribution < 1.29 is 28.7 Å². The second kappa shape index (κ2) is 13.2. The molecule has 2 atom stereocenters. The van der Waals surface area contributed by atoms with Crippen LogP contribution in [0.5, 0.6) is 5.75 Å². The number of benzene rings is 3. The number of carbonyl (C=O) groups excluding carboxylic acids is 4. The van der Waals surface area contributed by atoms with Gasteiger partial charge in [-0.1, -0.05) is 30.3 Å². The summed E-state index contributed by atoms with van der Waals surface area (Å²) < 4.78 is 14.3. The highest BCUT2D eigenvalue weighted by atomic mass is 32.1. The molecular formula is C35H33FN6O5S. The first kappa shape index (κ1) is 31.5. The molecule has 0 spiro atoms. The maximum Gasteiger partial charge on any atom is 0.255 e. The van der Waals surface area contributed by atoms with Crippen LogP contribution in [-0.2, 0) is 27.5 Å². The van der Waals surface area contributed by atoms with Gasteiger partial charge >= 0.3 is 0 Å². The Morgan fingerprint density at radius 3 is 2.56 bits per heavy atom. The zero-order valence-electron chi connectivity index (χ0n) is 25.9. The van der Waals surface area contributed by atoms with Crippen LogP contribution >= 0.6 is 11.3 Å². The average molecular weight is 669 g/mol. The summed E-state index contributed by atoms with van der Waals surface area (Å²) in [6.07, 6.45) is 2.41. The number of piperidine rings is 1. The predicted molar refractivity (Wildman–Crippen MR) is 177 cm³/mol. The van der Waals surface area contributed by atoms with Gasteiger partial charge < -0.3 is 14.9 Å². The lowest BCUT2D eigenvalue weighted by Crippen LogP contribution is -2.46. The minimum Gasteiger partial charge on any atom is -0.508 e. The highest BCUT2D eigenvalue weighted by Gasteiger charge is 2.39. The van der Waals surface area contributed by atoms with Gasteiger partial charge in [0.2, 0.25) is 11.8 Å². The van der Waals surface area contributed by atoms with Crippen molar-refractivity contribution >= 4 is 45.8 Å². The molecule has 3 aliphatic rings. The van der Waals surface area contributed by atoms with Gasteiger partial charge in [-0.3, -0.25) is 34.7 Å². The zero-order chi connectivity index (χ0) is 33.4. The first-order valence-electron chi connectivity index (χ1n) is 15.8. The monoisotopic (exact) mass is 668 g/mol. The third-order valence-electron chi connectivity index (χ3n) is 9.20. The Morgan fingerprint density at radius 2 is 1.83 bits per heavy atom. The molecule has 0 radical (unpaired) electrons. The Bertz CT molecular complexity index is 1880. The molecule has 4 aromatic rings. The van der Waals surface area contributed by atoms with Crippen molar-refractivity contribution in [3.63, 3.8) is 0 Å². The number of halogens is 1. The maximum atomic E-state index is 14.3. The molecule has 3 N–H and O–H groups in total. The van der Waals surface area contributed by atoms with E-state index in [1.165, 1.54) is 28.5 Å². The highest BCUT2D eigenvalue weighted by Crippen LogP contribution is 2.38. The number of aromatic hydroxyl groups is 1. The molecule has 13 heteroatoms. The Kier molecular flexibility index (Phi) is 8.63. The van der Waals surface area contributed by atoms with E-state index in [-0.39, 0.29) is 41.5 Å². The molecule has 48 heavy (non-hydrogen) atoms. The van der Waals surface area contributed by atoms with Gasteiger partial charge in [-0.2, -0.15) is 0 Å². The van der Waals surface area contributed by atoms with E-state index >= 15 is 0 Å². The third kappa shape index (κ3) is 6.38. The van der Waals surface area contributed by atoms with Crippen LogP contribution in [0, 0.1) is 5.82 Å². The van der Waals surface area contributed by atoms with Gasteiger partial charge in [0.15, 0.2) is 5.13 Å². The van der Waals surface area contributed by atoms with Gasteiger partial charge in [-0.15, -0.1) is 11.3 Å². The number of carbonyl (C=O) groups is 4. The van der Waals surface area contributed by atoms with Gasteiger partial charge in [0, 0.05) is 74.1 Å². The summed E-state index contributed by atoms with van der Waals surface area (Å²) >= 11 is 1.21. The van der Waals surface area contributed by atoms with E-state index in [1.807, 2.05) is 42.5 Å². The van der Waals surface area contributed by atoms with Crippen molar-refractivity contribution in [2.75, 3.05) is 36.4 Å². The summed E-state index contributed by atoms with van der Waals surface area (Å²) in [6.45, 7) is 4.00. The van der Waals surface area contributed by atoms with Crippen LogP contribution in [0.15, 0.2) is 72.2 Å². The SMILES string of the molecule is O=C1CCC(c2ccc(CN3CCN(c4ccc5c(c4)C(=O)N(C(C(=O)Nc4nccs4)c4cc(F)ccc4O)C5)CC3)cc2)C(=O)N1. The molecule has 3 aromatic carbocycles. The number of phenols is 1. The van der Waals surface area contributed by atoms with Crippen molar-refractivity contribution in [2.45, 2.75) is 37.9 Å². The summed E-state index contributed by atoms with van der Waals surface area (Å²) in [7, 11) is 0. The lowest BCUT2D eigenvalue weighted by atomic mass is 9.90. The number of amides is 4. The molecule has 2 fully saturated rings. The quantitative estimate of drug-likeness (QED) is 0.238. The summed E-state index contributed by atoms with van der Waals surface area (Å²) in [5.41, 5.74) is 4.15. The van der Waals surface area contributed by atoms with Crippen molar-refractivity contribution in [3.8, 4) is 5.75 Å².